The fourth-order valence-electron chi connectivity index (χ4n) is 3.29. The summed E-state index contributed by atoms with van der Waals surface area (Å²) in [5, 5.41) is 2.79. The Bertz CT molecular complexity index is 1530. The number of nitrogens with zero attached hydrogens (tertiary/aromatic N) is 1. The smallest absolute Gasteiger partial charge is 0.244 e. The number of carbonyl (C=O) groups is 1. The lowest BCUT2D eigenvalue weighted by Gasteiger charge is -2.14. The van der Waals surface area contributed by atoms with Gasteiger partial charge in [-0.3, -0.25) is 9.59 Å². The van der Waals surface area contributed by atoms with E-state index in [4.69, 9.17) is 11.6 Å². The van der Waals surface area contributed by atoms with E-state index in [0.29, 0.717) is 5.69 Å². The molecule has 3 aromatic carbocycles. The average molecular weight is 489 g/mol. The minimum atomic E-state index is -4.33. The summed E-state index contributed by atoms with van der Waals surface area (Å²) < 4.78 is 54.0. The molecular weight excluding hydrogens is 474 g/mol. The normalized spacial score (nSPS) is 11.5. The Kier molecular flexibility index (Phi) is 6.01. The van der Waals surface area contributed by atoms with Crippen LogP contribution in [0.5, 0.6) is 0 Å². The van der Waals surface area contributed by atoms with Crippen molar-refractivity contribution >= 4 is 43.9 Å². The molecule has 4 aromatic rings. The fraction of sp³-hybridized carbons (Fsp3) is 0.0435. The summed E-state index contributed by atoms with van der Waals surface area (Å²) in [6.45, 7) is -0.346. The second-order valence-corrected chi connectivity index (χ2v) is 9.48. The first kappa shape index (κ1) is 22.6. The minimum Gasteiger partial charge on any atom is -0.336 e. The molecule has 1 heterocycles. The summed E-state index contributed by atoms with van der Waals surface area (Å²) in [7, 11) is -4.33. The predicted molar refractivity (Wildman–Crippen MR) is 120 cm³/mol. The highest BCUT2D eigenvalue weighted by Crippen LogP contribution is 2.23. The highest BCUT2D eigenvalue weighted by atomic mass is 35.5. The molecule has 4 rings (SSSR count). The van der Waals surface area contributed by atoms with Crippen molar-refractivity contribution in [3.05, 3.63) is 99.8 Å². The molecular formula is C23H15ClF2N2O4S. The van der Waals surface area contributed by atoms with Crippen molar-refractivity contribution in [3.63, 3.8) is 0 Å². The van der Waals surface area contributed by atoms with Gasteiger partial charge in [-0.25, -0.2) is 17.2 Å². The predicted octanol–water partition coefficient (Wildman–Crippen LogP) is 4.40. The molecule has 0 saturated heterocycles. The molecule has 0 bridgehead atoms. The van der Waals surface area contributed by atoms with Crippen molar-refractivity contribution in [2.75, 3.05) is 5.32 Å². The molecule has 0 saturated carbocycles. The van der Waals surface area contributed by atoms with Crippen molar-refractivity contribution in [2.24, 2.45) is 0 Å². The summed E-state index contributed by atoms with van der Waals surface area (Å²) in [6.07, 6.45) is 1.07. The monoisotopic (exact) mass is 488 g/mol. The molecule has 6 nitrogen and oxygen atoms in total. The molecule has 0 aliphatic heterocycles. The van der Waals surface area contributed by atoms with Crippen LogP contribution in [0.15, 0.2) is 87.5 Å². The summed E-state index contributed by atoms with van der Waals surface area (Å²) in [6, 6.07) is 13.5. The van der Waals surface area contributed by atoms with E-state index in [2.05, 4.69) is 5.32 Å². The Balaban J connectivity index is 1.81. The Morgan fingerprint density at radius 1 is 0.939 bits per heavy atom. The maximum Gasteiger partial charge on any atom is 0.244 e. The zero-order chi connectivity index (χ0) is 23.8. The number of rotatable bonds is 5. The summed E-state index contributed by atoms with van der Waals surface area (Å²) in [5.41, 5.74) is -0.169. The second-order valence-electron chi connectivity index (χ2n) is 7.12. The summed E-state index contributed by atoms with van der Waals surface area (Å²) in [4.78, 5) is 24.8. The number of hydrogen-bond donors (Lipinski definition) is 1. The summed E-state index contributed by atoms with van der Waals surface area (Å²) >= 11 is 6.02. The highest BCUT2D eigenvalue weighted by Gasteiger charge is 2.24. The van der Waals surface area contributed by atoms with Crippen molar-refractivity contribution in [2.45, 2.75) is 16.3 Å². The Morgan fingerprint density at radius 3 is 2.18 bits per heavy atom. The average Bonchev–Trinajstić information content (AvgIpc) is 2.77. The first-order valence-corrected chi connectivity index (χ1v) is 11.4. The van der Waals surface area contributed by atoms with Gasteiger partial charge in [-0.05, 0) is 66.7 Å². The van der Waals surface area contributed by atoms with Crippen LogP contribution in [0.25, 0.3) is 10.9 Å². The Labute approximate surface area is 192 Å². The van der Waals surface area contributed by atoms with Gasteiger partial charge in [-0.2, -0.15) is 0 Å². The van der Waals surface area contributed by atoms with Crippen LogP contribution in [0.2, 0.25) is 5.02 Å². The number of halogens is 3. The lowest BCUT2D eigenvalue weighted by molar-refractivity contribution is -0.116. The molecule has 0 aliphatic rings. The van der Waals surface area contributed by atoms with Gasteiger partial charge >= 0.3 is 0 Å². The molecule has 33 heavy (non-hydrogen) atoms. The number of sulfone groups is 1. The third-order valence-corrected chi connectivity index (χ3v) is 6.86. The van der Waals surface area contributed by atoms with E-state index in [1.54, 1.807) is 0 Å². The van der Waals surface area contributed by atoms with Crippen LogP contribution in [0, 0.1) is 11.6 Å². The van der Waals surface area contributed by atoms with E-state index in [9.17, 15) is 26.8 Å². The first-order valence-electron chi connectivity index (χ1n) is 9.54. The topological polar surface area (TPSA) is 85.2 Å². The van der Waals surface area contributed by atoms with Crippen molar-refractivity contribution in [3.8, 4) is 0 Å². The van der Waals surface area contributed by atoms with Gasteiger partial charge in [-0.15, -0.1) is 0 Å². The van der Waals surface area contributed by atoms with Crippen LogP contribution in [-0.2, 0) is 21.2 Å². The number of fused-ring (bicyclic) bond motifs is 1. The standard InChI is InChI=1S/C23H15ClF2N2O4S/c24-14-1-10-20-19(11-14)23(30)21(33(31,32)18-8-4-16(26)5-9-18)12-28(20)13-22(29)27-17-6-2-15(25)3-7-17/h1-12H,13H2,(H,27,29). The second kappa shape index (κ2) is 8.76. The Morgan fingerprint density at radius 2 is 1.55 bits per heavy atom. The van der Waals surface area contributed by atoms with Crippen LogP contribution in [0.1, 0.15) is 0 Å². The van der Waals surface area contributed by atoms with Crippen molar-refractivity contribution in [1.82, 2.24) is 4.57 Å². The van der Waals surface area contributed by atoms with Gasteiger partial charge in [0.15, 0.2) is 0 Å². The molecule has 0 fully saturated rings. The third kappa shape index (κ3) is 4.64. The zero-order valence-corrected chi connectivity index (χ0v) is 18.3. The third-order valence-electron chi connectivity index (χ3n) is 4.86. The number of benzene rings is 3. The van der Waals surface area contributed by atoms with E-state index in [1.165, 1.54) is 47.0 Å². The van der Waals surface area contributed by atoms with E-state index >= 15 is 0 Å². The zero-order valence-electron chi connectivity index (χ0n) is 16.8. The van der Waals surface area contributed by atoms with Crippen LogP contribution in [-0.4, -0.2) is 18.9 Å². The quantitative estimate of drug-likeness (QED) is 0.422. The van der Waals surface area contributed by atoms with Gasteiger partial charge in [0.2, 0.25) is 21.2 Å². The Hall–Kier alpha value is -3.56. The van der Waals surface area contributed by atoms with E-state index in [-0.39, 0.29) is 27.4 Å². The molecule has 1 aromatic heterocycles. The molecule has 0 radical (unpaired) electrons. The largest absolute Gasteiger partial charge is 0.336 e. The molecule has 1 N–H and O–H groups in total. The summed E-state index contributed by atoms with van der Waals surface area (Å²) in [5.74, 6) is -1.63. The maximum atomic E-state index is 13.3. The van der Waals surface area contributed by atoms with Gasteiger partial charge in [0, 0.05) is 22.3 Å². The SMILES string of the molecule is O=C(Cn1cc(S(=O)(=O)c2ccc(F)cc2)c(=O)c2cc(Cl)ccc21)Nc1ccc(F)cc1. The van der Waals surface area contributed by atoms with Gasteiger partial charge in [0.25, 0.3) is 0 Å². The van der Waals surface area contributed by atoms with Crippen molar-refractivity contribution in [1.29, 1.82) is 0 Å². The van der Waals surface area contributed by atoms with Gasteiger partial charge in [-0.1, -0.05) is 11.6 Å². The lowest BCUT2D eigenvalue weighted by Crippen LogP contribution is -2.24. The van der Waals surface area contributed by atoms with Gasteiger partial charge in [0.1, 0.15) is 23.1 Å². The van der Waals surface area contributed by atoms with E-state index < -0.39 is 37.7 Å². The molecule has 0 spiro atoms. The maximum absolute atomic E-state index is 13.3. The van der Waals surface area contributed by atoms with Crippen LogP contribution < -0.4 is 10.7 Å². The van der Waals surface area contributed by atoms with Gasteiger partial charge in [0.05, 0.1) is 10.4 Å². The number of nitrogens with one attached hydrogen (secondary N) is 1. The molecule has 0 aliphatic carbocycles. The van der Waals surface area contributed by atoms with Crippen LogP contribution in [0.4, 0.5) is 14.5 Å². The number of pyridine rings is 1. The molecule has 0 unspecified atom stereocenters. The van der Waals surface area contributed by atoms with Crippen molar-refractivity contribution < 1.29 is 22.0 Å². The van der Waals surface area contributed by atoms with Crippen LogP contribution >= 0.6 is 11.6 Å². The fourth-order valence-corrected chi connectivity index (χ4v) is 4.83. The highest BCUT2D eigenvalue weighted by molar-refractivity contribution is 7.91. The molecule has 1 amide bonds. The van der Waals surface area contributed by atoms with Gasteiger partial charge < -0.3 is 9.88 Å². The lowest BCUT2D eigenvalue weighted by atomic mass is 10.2. The number of aromatic nitrogens is 1. The molecule has 0 atom stereocenters. The van der Waals surface area contributed by atoms with E-state index in [1.807, 2.05) is 0 Å². The number of hydrogen-bond acceptors (Lipinski definition) is 4. The van der Waals surface area contributed by atoms with Crippen LogP contribution in [0.3, 0.4) is 0 Å². The number of anilines is 1. The number of carbonyl (C=O) groups excluding carboxylic acids is 1. The first-order chi connectivity index (χ1) is 15.6. The molecule has 168 valence electrons. The van der Waals surface area contributed by atoms with E-state index in [0.717, 1.165) is 30.5 Å². The minimum absolute atomic E-state index is 0.000249. The molecule has 10 heteroatoms. The number of amides is 1.